The normalized spacial score (nSPS) is 11.2. The van der Waals surface area contributed by atoms with Gasteiger partial charge in [-0.15, -0.1) is 0 Å². The maximum atomic E-state index is 13.6. The second-order valence-corrected chi connectivity index (χ2v) is 6.30. The predicted octanol–water partition coefficient (Wildman–Crippen LogP) is 4.06. The molecule has 0 saturated heterocycles. The number of aromatic amines is 1. The minimum absolute atomic E-state index is 0.303. The number of amides is 1. The zero-order valence-electron chi connectivity index (χ0n) is 14.9. The molecule has 3 aromatic carbocycles. The number of nitrogens with one attached hydrogen (secondary N) is 2. The lowest BCUT2D eigenvalue weighted by molar-refractivity contribution is 0.0955. The highest BCUT2D eigenvalue weighted by Crippen LogP contribution is 2.16. The maximum absolute atomic E-state index is 13.6. The minimum Gasteiger partial charge on any atom is -0.342 e. The van der Waals surface area contributed by atoms with Gasteiger partial charge < -0.3 is 4.98 Å². The number of halogens is 1. The molecule has 0 aliphatic heterocycles. The van der Waals surface area contributed by atoms with Crippen LogP contribution in [0.3, 0.4) is 0 Å². The summed E-state index contributed by atoms with van der Waals surface area (Å²) in [5.41, 5.74) is 5.88. The first kappa shape index (κ1) is 17.6. The third-order valence-corrected chi connectivity index (χ3v) is 4.28. The van der Waals surface area contributed by atoms with E-state index in [1.807, 2.05) is 30.3 Å². The summed E-state index contributed by atoms with van der Waals surface area (Å²) in [5.74, 6) is 0.0513. The van der Waals surface area contributed by atoms with E-state index in [0.717, 1.165) is 22.4 Å². The lowest BCUT2D eigenvalue weighted by atomic mass is 10.1. The molecule has 6 heteroatoms. The van der Waals surface area contributed by atoms with Crippen molar-refractivity contribution in [2.45, 2.75) is 6.42 Å². The number of H-pyrrole nitrogens is 1. The Balaban J connectivity index is 1.48. The topological polar surface area (TPSA) is 70.1 Å². The van der Waals surface area contributed by atoms with Gasteiger partial charge in [0.25, 0.3) is 5.91 Å². The lowest BCUT2D eigenvalue weighted by Gasteiger charge is -2.00. The fraction of sp³-hybridized carbons (Fsp3) is 0.0455. The second-order valence-electron chi connectivity index (χ2n) is 6.30. The summed E-state index contributed by atoms with van der Waals surface area (Å²) in [5, 5.41) is 3.83. The first-order valence-electron chi connectivity index (χ1n) is 8.79. The Labute approximate surface area is 160 Å². The van der Waals surface area contributed by atoms with Crippen molar-refractivity contribution in [3.63, 3.8) is 0 Å². The fourth-order valence-corrected chi connectivity index (χ4v) is 2.88. The third-order valence-electron chi connectivity index (χ3n) is 4.28. The molecule has 5 nitrogen and oxygen atoms in total. The van der Waals surface area contributed by atoms with Gasteiger partial charge in [-0.2, -0.15) is 5.10 Å². The molecule has 1 aromatic heterocycles. The first-order chi connectivity index (χ1) is 13.7. The van der Waals surface area contributed by atoms with Crippen LogP contribution in [0.2, 0.25) is 0 Å². The van der Waals surface area contributed by atoms with Gasteiger partial charge in [0, 0.05) is 17.5 Å². The van der Waals surface area contributed by atoms with Crippen molar-refractivity contribution in [2.75, 3.05) is 0 Å². The molecule has 1 amide bonds. The molecule has 0 saturated carbocycles. The molecule has 28 heavy (non-hydrogen) atoms. The van der Waals surface area contributed by atoms with Gasteiger partial charge in [0.2, 0.25) is 0 Å². The van der Waals surface area contributed by atoms with E-state index in [4.69, 9.17) is 0 Å². The van der Waals surface area contributed by atoms with Crippen LogP contribution in [0.4, 0.5) is 4.39 Å². The standard InChI is InChI=1S/C22H17FN4O/c23-18-9-5-4-8-17(18)14-24-27-22(28)16-10-11-19-20(13-16)26-21(25-19)12-15-6-2-1-3-7-15/h1-11,13-14H,12H2,(H,25,26)(H,27,28)/b24-14-. The molecule has 0 radical (unpaired) electrons. The Bertz CT molecular complexity index is 1150. The molecular formula is C22H17FN4O. The Morgan fingerprint density at radius 3 is 2.68 bits per heavy atom. The zero-order valence-corrected chi connectivity index (χ0v) is 14.9. The Morgan fingerprint density at radius 1 is 1.07 bits per heavy atom. The van der Waals surface area contributed by atoms with Crippen LogP contribution in [-0.2, 0) is 6.42 Å². The summed E-state index contributed by atoms with van der Waals surface area (Å²) in [7, 11) is 0. The van der Waals surface area contributed by atoms with Crippen molar-refractivity contribution in [1.82, 2.24) is 15.4 Å². The molecule has 0 atom stereocenters. The van der Waals surface area contributed by atoms with Crippen LogP contribution >= 0.6 is 0 Å². The second kappa shape index (κ2) is 7.84. The van der Waals surface area contributed by atoms with E-state index >= 15 is 0 Å². The largest absolute Gasteiger partial charge is 0.342 e. The smallest absolute Gasteiger partial charge is 0.271 e. The van der Waals surface area contributed by atoms with Crippen molar-refractivity contribution in [3.05, 3.63) is 101 Å². The quantitative estimate of drug-likeness (QED) is 0.410. The van der Waals surface area contributed by atoms with Gasteiger partial charge in [-0.25, -0.2) is 14.8 Å². The summed E-state index contributed by atoms with van der Waals surface area (Å²) in [6.07, 6.45) is 1.96. The summed E-state index contributed by atoms with van der Waals surface area (Å²) >= 11 is 0. The maximum Gasteiger partial charge on any atom is 0.271 e. The third kappa shape index (κ3) is 3.96. The SMILES string of the molecule is O=C(N/N=C\c1ccccc1F)c1ccc2nc(Cc3ccccc3)[nH]c2c1. The van der Waals surface area contributed by atoms with Crippen LogP contribution in [0.5, 0.6) is 0 Å². The zero-order chi connectivity index (χ0) is 19.3. The van der Waals surface area contributed by atoms with E-state index < -0.39 is 5.82 Å². The number of carbonyl (C=O) groups is 1. The summed E-state index contributed by atoms with van der Waals surface area (Å²) in [4.78, 5) is 20.1. The van der Waals surface area contributed by atoms with Crippen molar-refractivity contribution in [1.29, 1.82) is 0 Å². The van der Waals surface area contributed by atoms with E-state index in [-0.39, 0.29) is 5.91 Å². The van der Waals surface area contributed by atoms with Crippen LogP contribution in [0.15, 0.2) is 77.9 Å². The number of aromatic nitrogens is 2. The van der Waals surface area contributed by atoms with Gasteiger partial charge in [-0.05, 0) is 29.8 Å². The monoisotopic (exact) mass is 372 g/mol. The van der Waals surface area contributed by atoms with E-state index in [9.17, 15) is 9.18 Å². The number of imidazole rings is 1. The van der Waals surface area contributed by atoms with E-state index in [0.29, 0.717) is 17.5 Å². The van der Waals surface area contributed by atoms with Gasteiger partial charge >= 0.3 is 0 Å². The number of rotatable bonds is 5. The number of carbonyl (C=O) groups excluding carboxylic acids is 1. The highest BCUT2D eigenvalue weighted by Gasteiger charge is 2.09. The molecule has 0 fully saturated rings. The van der Waals surface area contributed by atoms with Crippen LogP contribution in [0.1, 0.15) is 27.3 Å². The lowest BCUT2D eigenvalue weighted by Crippen LogP contribution is -2.17. The summed E-state index contributed by atoms with van der Waals surface area (Å²) in [6.45, 7) is 0. The molecule has 1 heterocycles. The molecule has 0 bridgehead atoms. The molecule has 0 spiro atoms. The van der Waals surface area contributed by atoms with Gasteiger partial charge in [0.15, 0.2) is 0 Å². The van der Waals surface area contributed by atoms with Crippen LogP contribution in [0, 0.1) is 5.82 Å². The van der Waals surface area contributed by atoms with Crippen LogP contribution in [-0.4, -0.2) is 22.1 Å². The molecule has 2 N–H and O–H groups in total. The highest BCUT2D eigenvalue weighted by atomic mass is 19.1. The highest BCUT2D eigenvalue weighted by molar-refractivity contribution is 5.97. The van der Waals surface area contributed by atoms with Crippen molar-refractivity contribution in [3.8, 4) is 0 Å². The van der Waals surface area contributed by atoms with Crippen molar-refractivity contribution in [2.24, 2.45) is 5.10 Å². The molecule has 4 rings (SSSR count). The van der Waals surface area contributed by atoms with E-state index in [1.165, 1.54) is 12.3 Å². The Kier molecular flexibility index (Phi) is 4.93. The molecule has 0 unspecified atom stereocenters. The van der Waals surface area contributed by atoms with Gasteiger partial charge in [0.05, 0.1) is 17.2 Å². The number of nitrogens with zero attached hydrogens (tertiary/aromatic N) is 2. The van der Waals surface area contributed by atoms with Crippen LogP contribution in [0.25, 0.3) is 11.0 Å². The van der Waals surface area contributed by atoms with Gasteiger partial charge in [0.1, 0.15) is 11.6 Å². The number of hydrogen-bond donors (Lipinski definition) is 2. The van der Waals surface area contributed by atoms with Crippen molar-refractivity contribution >= 4 is 23.2 Å². The van der Waals surface area contributed by atoms with Gasteiger partial charge in [-0.1, -0.05) is 48.5 Å². The number of benzene rings is 3. The first-order valence-corrected chi connectivity index (χ1v) is 8.79. The van der Waals surface area contributed by atoms with Crippen molar-refractivity contribution < 1.29 is 9.18 Å². The average molecular weight is 372 g/mol. The predicted molar refractivity (Wildman–Crippen MR) is 107 cm³/mol. The number of hydrazone groups is 1. The summed E-state index contributed by atoms with van der Waals surface area (Å²) < 4.78 is 13.6. The molecule has 0 aliphatic rings. The van der Waals surface area contributed by atoms with Crippen LogP contribution < -0.4 is 5.43 Å². The minimum atomic E-state index is -0.398. The van der Waals surface area contributed by atoms with E-state index in [1.54, 1.807) is 36.4 Å². The molecule has 138 valence electrons. The Hall–Kier alpha value is -3.80. The van der Waals surface area contributed by atoms with Gasteiger partial charge in [-0.3, -0.25) is 4.79 Å². The average Bonchev–Trinajstić information content (AvgIpc) is 3.11. The fourth-order valence-electron chi connectivity index (χ4n) is 2.88. The number of hydrogen-bond acceptors (Lipinski definition) is 3. The molecule has 4 aromatic rings. The molecular weight excluding hydrogens is 355 g/mol. The van der Waals surface area contributed by atoms with E-state index in [2.05, 4.69) is 20.5 Å². The molecule has 0 aliphatic carbocycles. The summed E-state index contributed by atoms with van der Waals surface area (Å²) in [6, 6.07) is 21.4. The Morgan fingerprint density at radius 2 is 1.86 bits per heavy atom. The number of fused-ring (bicyclic) bond motifs is 1.